The van der Waals surface area contributed by atoms with Gasteiger partial charge in [-0.05, 0) is 63.0 Å². The summed E-state index contributed by atoms with van der Waals surface area (Å²) >= 11 is 0. The topological polar surface area (TPSA) is 61.8 Å². The van der Waals surface area contributed by atoms with Gasteiger partial charge in [-0.2, -0.15) is 0 Å². The second kappa shape index (κ2) is 8.15. The highest BCUT2D eigenvalue weighted by atomic mass is 16.5. The maximum atomic E-state index is 11.1. The molecule has 2 rings (SSSR count). The average Bonchev–Trinajstić information content (AvgIpc) is 2.54. The van der Waals surface area contributed by atoms with Crippen molar-refractivity contribution in [3.8, 4) is 5.75 Å². The van der Waals surface area contributed by atoms with E-state index < -0.39 is 12.0 Å². The Morgan fingerprint density at radius 3 is 2.50 bits per heavy atom. The predicted octanol–water partition coefficient (Wildman–Crippen LogP) is 1.97. The molecule has 1 unspecified atom stereocenters. The van der Waals surface area contributed by atoms with Crippen LogP contribution in [0.1, 0.15) is 24.8 Å². The molecule has 1 aliphatic heterocycles. The number of hydrogen-bond acceptors (Lipinski definition) is 4. The normalized spacial score (nSPS) is 18.1. The lowest BCUT2D eigenvalue weighted by molar-refractivity contribution is -0.139. The molecule has 0 spiro atoms. The molecule has 122 valence electrons. The van der Waals surface area contributed by atoms with E-state index in [2.05, 4.69) is 22.3 Å². The molecule has 0 radical (unpaired) electrons. The van der Waals surface area contributed by atoms with E-state index in [-0.39, 0.29) is 0 Å². The van der Waals surface area contributed by atoms with Crippen molar-refractivity contribution in [1.29, 1.82) is 0 Å². The van der Waals surface area contributed by atoms with Crippen molar-refractivity contribution in [1.82, 2.24) is 10.2 Å². The lowest BCUT2D eigenvalue weighted by atomic mass is 9.90. The van der Waals surface area contributed by atoms with E-state index in [1.54, 1.807) is 14.2 Å². The molecule has 0 aliphatic carbocycles. The lowest BCUT2D eigenvalue weighted by Gasteiger charge is -2.33. The third kappa shape index (κ3) is 4.71. The molecule has 1 atom stereocenters. The number of rotatable bonds is 7. The maximum Gasteiger partial charge on any atom is 0.320 e. The van der Waals surface area contributed by atoms with Gasteiger partial charge >= 0.3 is 5.97 Å². The summed E-state index contributed by atoms with van der Waals surface area (Å²) in [5.74, 6) is 0.637. The highest BCUT2D eigenvalue weighted by molar-refractivity contribution is 5.73. The number of nitrogens with one attached hydrogen (secondary N) is 1. The summed E-state index contributed by atoms with van der Waals surface area (Å²) in [6.07, 6.45) is 2.87. The van der Waals surface area contributed by atoms with Gasteiger partial charge in [0.1, 0.15) is 11.8 Å². The van der Waals surface area contributed by atoms with Gasteiger partial charge in [0.2, 0.25) is 0 Å². The molecule has 5 heteroatoms. The van der Waals surface area contributed by atoms with E-state index in [4.69, 9.17) is 9.84 Å². The van der Waals surface area contributed by atoms with Crippen LogP contribution >= 0.6 is 0 Å². The Morgan fingerprint density at radius 2 is 2.00 bits per heavy atom. The highest BCUT2D eigenvalue weighted by Gasteiger charge is 2.24. The van der Waals surface area contributed by atoms with Gasteiger partial charge < -0.3 is 15.2 Å². The lowest BCUT2D eigenvalue weighted by Crippen LogP contribution is -2.39. The molecule has 5 nitrogen and oxygen atoms in total. The Morgan fingerprint density at radius 1 is 1.36 bits per heavy atom. The molecule has 1 heterocycles. The van der Waals surface area contributed by atoms with Crippen LogP contribution in [-0.4, -0.2) is 49.3 Å². The zero-order valence-electron chi connectivity index (χ0n) is 13.4. The van der Waals surface area contributed by atoms with Gasteiger partial charge in [-0.3, -0.25) is 9.69 Å². The summed E-state index contributed by atoms with van der Waals surface area (Å²) in [5.41, 5.74) is 1.29. The van der Waals surface area contributed by atoms with Gasteiger partial charge in [0.15, 0.2) is 0 Å². The van der Waals surface area contributed by atoms with Crippen LogP contribution < -0.4 is 10.1 Å². The first-order chi connectivity index (χ1) is 10.6. The zero-order chi connectivity index (χ0) is 15.9. The van der Waals surface area contributed by atoms with Gasteiger partial charge in [-0.1, -0.05) is 12.1 Å². The number of benzene rings is 1. The van der Waals surface area contributed by atoms with E-state index in [1.807, 2.05) is 12.1 Å². The fraction of sp³-hybridized carbons (Fsp3) is 0.588. The largest absolute Gasteiger partial charge is 0.497 e. The van der Waals surface area contributed by atoms with Crippen LogP contribution in [0.2, 0.25) is 0 Å². The van der Waals surface area contributed by atoms with Crippen LogP contribution in [0.3, 0.4) is 0 Å². The fourth-order valence-corrected chi connectivity index (χ4v) is 3.04. The number of aliphatic carboxylic acids is 1. The molecule has 1 fully saturated rings. The molecule has 22 heavy (non-hydrogen) atoms. The van der Waals surface area contributed by atoms with Crippen molar-refractivity contribution < 1.29 is 14.6 Å². The van der Waals surface area contributed by atoms with Gasteiger partial charge in [0, 0.05) is 6.54 Å². The Hall–Kier alpha value is -1.59. The first-order valence-electron chi connectivity index (χ1n) is 7.87. The number of methoxy groups -OCH3 is 1. The summed E-state index contributed by atoms with van der Waals surface area (Å²) in [7, 11) is 3.40. The Bertz CT molecular complexity index is 467. The molecule has 0 aromatic heterocycles. The molecule has 0 amide bonds. The molecular formula is C17H26N2O3. The quantitative estimate of drug-likeness (QED) is 0.806. The number of carboxylic acids is 1. The predicted molar refractivity (Wildman–Crippen MR) is 86.1 cm³/mol. The third-order valence-electron chi connectivity index (χ3n) is 4.49. The SMILES string of the molecule is CNC(CC1CCN(Cc2ccc(OC)cc2)CC1)C(=O)O. The third-order valence-corrected chi connectivity index (χ3v) is 4.49. The summed E-state index contributed by atoms with van der Waals surface area (Å²) < 4.78 is 5.17. The van der Waals surface area contributed by atoms with Crippen LogP contribution in [0, 0.1) is 5.92 Å². The van der Waals surface area contributed by atoms with Crippen LogP contribution in [0.4, 0.5) is 0 Å². The Balaban J connectivity index is 1.78. The maximum absolute atomic E-state index is 11.1. The molecule has 0 saturated carbocycles. The molecule has 1 saturated heterocycles. The number of carbonyl (C=O) groups is 1. The van der Waals surface area contributed by atoms with Gasteiger partial charge in [-0.25, -0.2) is 0 Å². The highest BCUT2D eigenvalue weighted by Crippen LogP contribution is 2.23. The number of likely N-dealkylation sites (tertiary alicyclic amines) is 1. The standard InChI is InChI=1S/C17H26N2O3/c1-18-16(17(20)21)11-13-7-9-19(10-8-13)12-14-3-5-15(22-2)6-4-14/h3-6,13,16,18H,7-12H2,1-2H3,(H,20,21). The monoisotopic (exact) mass is 306 g/mol. The second-order valence-corrected chi connectivity index (χ2v) is 5.98. The second-order valence-electron chi connectivity index (χ2n) is 5.98. The van der Waals surface area contributed by atoms with Crippen molar-refractivity contribution in [2.75, 3.05) is 27.2 Å². The molecular weight excluding hydrogens is 280 g/mol. The minimum absolute atomic E-state index is 0.418. The Labute approximate surface area is 132 Å². The number of carboxylic acid groups (broad SMARTS) is 1. The summed E-state index contributed by atoms with van der Waals surface area (Å²) in [6, 6.07) is 7.77. The minimum Gasteiger partial charge on any atom is -0.497 e. The van der Waals surface area contributed by atoms with E-state index in [9.17, 15) is 4.79 Å². The number of ether oxygens (including phenoxy) is 1. The van der Waals surface area contributed by atoms with Crippen molar-refractivity contribution in [2.24, 2.45) is 5.92 Å². The summed E-state index contributed by atoms with van der Waals surface area (Å²) in [4.78, 5) is 13.5. The van der Waals surface area contributed by atoms with Crippen LogP contribution in [-0.2, 0) is 11.3 Å². The van der Waals surface area contributed by atoms with Crippen molar-refractivity contribution in [3.05, 3.63) is 29.8 Å². The van der Waals surface area contributed by atoms with E-state index in [1.165, 1.54) is 5.56 Å². The molecule has 1 aliphatic rings. The van der Waals surface area contributed by atoms with Crippen LogP contribution in [0.15, 0.2) is 24.3 Å². The smallest absolute Gasteiger partial charge is 0.320 e. The average molecular weight is 306 g/mol. The minimum atomic E-state index is -0.747. The van der Waals surface area contributed by atoms with E-state index in [0.29, 0.717) is 5.92 Å². The summed E-state index contributed by atoms with van der Waals surface area (Å²) in [5, 5.41) is 12.0. The van der Waals surface area contributed by atoms with Gasteiger partial charge in [0.05, 0.1) is 7.11 Å². The number of nitrogens with zero attached hydrogens (tertiary/aromatic N) is 1. The van der Waals surface area contributed by atoms with Crippen LogP contribution in [0.25, 0.3) is 0 Å². The van der Waals surface area contributed by atoms with Crippen LogP contribution in [0.5, 0.6) is 5.75 Å². The number of piperidine rings is 1. The van der Waals surface area contributed by atoms with Crippen molar-refractivity contribution in [3.63, 3.8) is 0 Å². The number of hydrogen-bond donors (Lipinski definition) is 2. The Kier molecular flexibility index (Phi) is 6.21. The van der Waals surface area contributed by atoms with E-state index >= 15 is 0 Å². The first kappa shape index (κ1) is 16.8. The van der Waals surface area contributed by atoms with Crippen molar-refractivity contribution >= 4 is 5.97 Å². The fourth-order valence-electron chi connectivity index (χ4n) is 3.04. The first-order valence-corrected chi connectivity index (χ1v) is 7.87. The molecule has 0 bridgehead atoms. The molecule has 2 N–H and O–H groups in total. The van der Waals surface area contributed by atoms with Gasteiger partial charge in [-0.15, -0.1) is 0 Å². The van der Waals surface area contributed by atoms with Crippen molar-refractivity contribution in [2.45, 2.75) is 31.8 Å². The summed E-state index contributed by atoms with van der Waals surface area (Å²) in [6.45, 7) is 3.02. The van der Waals surface area contributed by atoms with E-state index in [0.717, 1.165) is 44.6 Å². The van der Waals surface area contributed by atoms with Gasteiger partial charge in [0.25, 0.3) is 0 Å². The number of likely N-dealkylation sites (N-methyl/N-ethyl adjacent to an activating group) is 1. The zero-order valence-corrected chi connectivity index (χ0v) is 13.4. The molecule has 1 aromatic rings. The molecule has 1 aromatic carbocycles.